The summed E-state index contributed by atoms with van der Waals surface area (Å²) in [5.41, 5.74) is 6.49. The predicted molar refractivity (Wildman–Crippen MR) is 362 cm³/mol. The lowest BCUT2D eigenvalue weighted by Gasteiger charge is -2.41. The monoisotopic (exact) mass is 1360 g/mol. The van der Waals surface area contributed by atoms with E-state index in [1.807, 2.05) is 26.0 Å². The molecule has 20 N–H and O–H groups in total. The van der Waals surface area contributed by atoms with E-state index in [1.54, 1.807) is 74.5 Å². The second kappa shape index (κ2) is 45.5. The summed E-state index contributed by atoms with van der Waals surface area (Å²) in [5.74, 6) is -6.35. The highest BCUT2D eigenvalue weighted by molar-refractivity contribution is 5.69. The number of carbonyl (C=O) groups excluding carboxylic acids is 1. The van der Waals surface area contributed by atoms with Gasteiger partial charge in [0.05, 0.1) is 92.1 Å². The van der Waals surface area contributed by atoms with Crippen LogP contribution in [0.15, 0.2) is 47.6 Å². The number of hydrogen-bond acceptors (Lipinski definition) is 23. The topological polar surface area (TPSA) is 435 Å². The molecule has 0 aromatic rings. The molecule has 0 spiro atoms. The van der Waals surface area contributed by atoms with Gasteiger partial charge in [-0.25, -0.2) is 0 Å². The van der Waals surface area contributed by atoms with E-state index in [0.717, 1.165) is 32.1 Å². The van der Waals surface area contributed by atoms with Gasteiger partial charge in [0.1, 0.15) is 36.6 Å². The number of allylic oxidation sites excluding steroid dienone is 1. The molecule has 1 saturated heterocycles. The molecule has 31 atom stereocenters. The quantitative estimate of drug-likeness (QED) is 0.0845. The molecule has 0 aliphatic carbocycles. The Morgan fingerprint density at radius 3 is 1.67 bits per heavy atom. The van der Waals surface area contributed by atoms with E-state index in [0.29, 0.717) is 57.1 Å². The normalized spacial score (nSPS) is 43.8. The highest BCUT2D eigenvalue weighted by Crippen LogP contribution is 2.33. The number of unbranched alkanes of at least 4 members (excludes halogenated alkanes) is 3. The lowest BCUT2D eigenvalue weighted by atomic mass is 9.81. The maximum atomic E-state index is 13.5. The number of aliphatic hydroxyl groups is 18. The Labute approximate surface area is 567 Å². The van der Waals surface area contributed by atoms with Crippen LogP contribution in [0.3, 0.4) is 0 Å². The summed E-state index contributed by atoms with van der Waals surface area (Å²) in [6.45, 7) is 20.3. The summed E-state index contributed by atoms with van der Waals surface area (Å²) in [6.07, 6.45) is -10.2. The van der Waals surface area contributed by atoms with Crippen LogP contribution in [0.1, 0.15) is 199 Å². The van der Waals surface area contributed by atoms with E-state index in [-0.39, 0.29) is 55.9 Å². The van der Waals surface area contributed by atoms with E-state index < -0.39 is 188 Å². The molecule has 0 aromatic carbocycles. The van der Waals surface area contributed by atoms with Crippen LogP contribution in [-0.2, 0) is 19.0 Å². The maximum Gasteiger partial charge on any atom is 0.306 e. The van der Waals surface area contributed by atoms with Crippen molar-refractivity contribution in [3.05, 3.63) is 47.6 Å². The number of esters is 1. The van der Waals surface area contributed by atoms with Crippen molar-refractivity contribution in [1.82, 2.24) is 0 Å². The zero-order valence-electron chi connectivity index (χ0n) is 59.3. The molecule has 95 heavy (non-hydrogen) atoms. The number of aliphatic hydroxyl groups excluding tert-OH is 18. The number of rotatable bonds is 10. The SMILES string of the molecule is CC1=CC(OC2OC(CO)C(O)C(O)C2O)C(O)C(C)C(O)CC(O)/C=C/C(C)C(O)C(C)CCC(O)CC(O)C(C)C(O)C(C)C(O)CC(O)CC(O)C(C)C(C(C)CCCCCCN)OC(=O)CCCCCC(O)C(C)C(O)CC/C=C/C(C)C(O)/C(C)=C/C(C)C1O. The van der Waals surface area contributed by atoms with Crippen molar-refractivity contribution < 1.29 is 111 Å². The first-order valence-corrected chi connectivity index (χ1v) is 35.6. The van der Waals surface area contributed by atoms with Crippen molar-refractivity contribution in [1.29, 1.82) is 0 Å². The van der Waals surface area contributed by atoms with Gasteiger partial charge in [-0.15, -0.1) is 0 Å². The largest absolute Gasteiger partial charge is 0.462 e. The van der Waals surface area contributed by atoms with Crippen molar-refractivity contribution in [3.63, 3.8) is 0 Å². The minimum Gasteiger partial charge on any atom is -0.462 e. The van der Waals surface area contributed by atoms with Gasteiger partial charge in [-0.05, 0) is 114 Å². The molecule has 1 fully saturated rings. The molecule has 558 valence electrons. The van der Waals surface area contributed by atoms with Crippen molar-refractivity contribution in [3.8, 4) is 0 Å². The number of carbonyl (C=O) groups is 1. The predicted octanol–water partition coefficient (Wildman–Crippen LogP) is 3.50. The number of ether oxygens (including phenoxy) is 3. The molecule has 0 radical (unpaired) electrons. The van der Waals surface area contributed by atoms with Gasteiger partial charge in [-0.1, -0.05) is 138 Å². The fraction of sp³-hybridized carbons (Fsp3) is 0.875. The second-order valence-corrected chi connectivity index (χ2v) is 29.0. The third-order valence-electron chi connectivity index (χ3n) is 20.8. The van der Waals surface area contributed by atoms with Gasteiger partial charge in [0.2, 0.25) is 0 Å². The van der Waals surface area contributed by atoms with Crippen LogP contribution in [0.25, 0.3) is 0 Å². The standard InChI is InChI=1S/C72H133NO22/c1-39-22-19-20-25-55(79)46(8)54(78)24-17-15-18-26-62(84)95-71(42(4)23-16-13-14-21-31-73)50(12)59(83)37-53(77)36-58(82)48(10)66(88)47(9)56(80)34-51(75)29-27-40(2)63(85)41(3)28-30-52(76)35-57(81)49(11)67(89)60(33-45(7)65(87)44(6)32-43(5)64(39)86)93-72-70(92)69(91)68(90)61(38-74)94-72/h19,22,28,30,32-33,39-42,44,46-61,63-72,74-83,85-92H,13-18,20-21,23-27,29,31,34-38,73H2,1-12H3/b22-19+,30-28+,43-32+,45-33?. The van der Waals surface area contributed by atoms with Crippen molar-refractivity contribution in [2.75, 3.05) is 13.2 Å². The van der Waals surface area contributed by atoms with Crippen molar-refractivity contribution in [2.45, 2.75) is 327 Å². The van der Waals surface area contributed by atoms with Gasteiger partial charge in [0, 0.05) is 60.2 Å². The highest BCUT2D eigenvalue weighted by Gasteiger charge is 2.46. The van der Waals surface area contributed by atoms with Crippen LogP contribution in [0.4, 0.5) is 0 Å². The third-order valence-corrected chi connectivity index (χ3v) is 20.8. The molecule has 2 aliphatic rings. The van der Waals surface area contributed by atoms with Gasteiger partial charge in [-0.3, -0.25) is 4.79 Å². The molecule has 0 aromatic heterocycles. The Morgan fingerprint density at radius 2 is 1.06 bits per heavy atom. The lowest BCUT2D eigenvalue weighted by Crippen LogP contribution is -2.60. The zero-order chi connectivity index (χ0) is 72.1. The third kappa shape index (κ3) is 30.4. The van der Waals surface area contributed by atoms with Crippen LogP contribution in [0.5, 0.6) is 0 Å². The molecule has 0 amide bonds. The van der Waals surface area contributed by atoms with Gasteiger partial charge < -0.3 is 112 Å². The number of cyclic esters (lactones) is 1. The molecule has 31 unspecified atom stereocenters. The Morgan fingerprint density at radius 1 is 0.516 bits per heavy atom. The van der Waals surface area contributed by atoms with Crippen LogP contribution in [-0.4, -0.2) is 239 Å². The first-order chi connectivity index (χ1) is 44.5. The summed E-state index contributed by atoms with van der Waals surface area (Å²) >= 11 is 0. The average Bonchev–Trinajstić information content (AvgIpc) is 0.817. The maximum absolute atomic E-state index is 13.5. The second-order valence-electron chi connectivity index (χ2n) is 29.0. The average molecular weight is 1360 g/mol. The molecule has 0 saturated carbocycles. The van der Waals surface area contributed by atoms with Gasteiger partial charge in [0.15, 0.2) is 6.29 Å². The van der Waals surface area contributed by atoms with E-state index in [9.17, 15) is 96.7 Å². The fourth-order valence-electron chi connectivity index (χ4n) is 13.2. The fourth-order valence-corrected chi connectivity index (χ4v) is 13.2. The van der Waals surface area contributed by atoms with E-state index in [1.165, 1.54) is 19.1 Å². The van der Waals surface area contributed by atoms with E-state index in [2.05, 4.69) is 0 Å². The first-order valence-electron chi connectivity index (χ1n) is 35.6. The Kier molecular flexibility index (Phi) is 42.4. The molecule has 23 nitrogen and oxygen atoms in total. The van der Waals surface area contributed by atoms with Crippen LogP contribution in [0, 0.1) is 59.2 Å². The molecule has 23 heteroatoms. The molecule has 2 heterocycles. The summed E-state index contributed by atoms with van der Waals surface area (Å²) in [7, 11) is 0. The molecular weight excluding hydrogens is 1230 g/mol. The Bertz CT molecular complexity index is 2190. The minimum absolute atomic E-state index is 0.104. The summed E-state index contributed by atoms with van der Waals surface area (Å²) in [5, 5.41) is 200. The molecular formula is C72H133NO22. The van der Waals surface area contributed by atoms with Gasteiger partial charge >= 0.3 is 5.97 Å². The molecule has 0 bridgehead atoms. The number of nitrogens with two attached hydrogens (primary N) is 1. The van der Waals surface area contributed by atoms with E-state index in [4.69, 9.17) is 19.9 Å². The first kappa shape index (κ1) is 88.7. The Hall–Kier alpha value is -2.41. The zero-order valence-corrected chi connectivity index (χ0v) is 59.3. The summed E-state index contributed by atoms with van der Waals surface area (Å²) in [4.78, 5) is 13.5. The summed E-state index contributed by atoms with van der Waals surface area (Å²) < 4.78 is 17.8. The van der Waals surface area contributed by atoms with Crippen LogP contribution < -0.4 is 5.73 Å². The Balaban J connectivity index is 2.44. The number of hydrogen-bond donors (Lipinski definition) is 19. The summed E-state index contributed by atoms with van der Waals surface area (Å²) in [6, 6.07) is 0. The van der Waals surface area contributed by atoms with Crippen LogP contribution >= 0.6 is 0 Å². The van der Waals surface area contributed by atoms with Gasteiger partial charge in [-0.2, -0.15) is 0 Å². The molecule has 2 aliphatic heterocycles. The molecule has 2 rings (SSSR count). The van der Waals surface area contributed by atoms with E-state index >= 15 is 0 Å². The van der Waals surface area contributed by atoms with Crippen molar-refractivity contribution >= 4 is 5.97 Å². The highest BCUT2D eigenvalue weighted by atomic mass is 16.7. The lowest BCUT2D eigenvalue weighted by molar-refractivity contribution is -0.314. The van der Waals surface area contributed by atoms with Crippen LogP contribution in [0.2, 0.25) is 0 Å². The van der Waals surface area contributed by atoms with Crippen molar-refractivity contribution in [2.24, 2.45) is 64.9 Å². The minimum atomic E-state index is -1.87. The smallest absolute Gasteiger partial charge is 0.306 e. The van der Waals surface area contributed by atoms with Gasteiger partial charge in [0.25, 0.3) is 0 Å².